The molecule has 2 heteroatoms. The smallest absolute Gasteiger partial charge is 0.0606 e. The van der Waals surface area contributed by atoms with E-state index >= 15 is 0 Å². The highest BCUT2D eigenvalue weighted by atomic mass is 15.2. The molecule has 0 aromatic heterocycles. The molecular formula is C47H50N2. The lowest BCUT2D eigenvalue weighted by molar-refractivity contribution is 0.475. The Bertz CT molecular complexity index is 1980. The Hall–Kier alpha value is -5.08. The Morgan fingerprint density at radius 1 is 0.755 bits per heavy atom. The predicted molar refractivity (Wildman–Crippen MR) is 211 cm³/mol. The SMILES string of the molecule is C=C/C=C\C=C1/Cc2ccc3c(c2N1c1cccc(C)c1)C(C)(C)C(c1ccccc1)N3.Cc1ccccc1C(C)(C)c1ccccc1C. The van der Waals surface area contributed by atoms with Crippen molar-refractivity contribution in [3.05, 3.63) is 196 Å². The average Bonchev–Trinajstić information content (AvgIpc) is 3.59. The van der Waals surface area contributed by atoms with Gasteiger partial charge in [-0.3, -0.25) is 0 Å². The zero-order valence-corrected chi connectivity index (χ0v) is 30.2. The van der Waals surface area contributed by atoms with E-state index in [1.807, 2.05) is 12.2 Å². The number of benzene rings is 5. The first-order valence-corrected chi connectivity index (χ1v) is 17.5. The fourth-order valence-corrected chi connectivity index (χ4v) is 7.98. The molecule has 2 aliphatic rings. The number of anilines is 3. The van der Waals surface area contributed by atoms with Crippen LogP contribution in [-0.4, -0.2) is 0 Å². The summed E-state index contributed by atoms with van der Waals surface area (Å²) in [5.74, 6) is 0. The third kappa shape index (κ3) is 6.53. The first kappa shape index (κ1) is 33.8. The number of nitrogens with zero attached hydrogens (tertiary/aromatic N) is 1. The van der Waals surface area contributed by atoms with Crippen LogP contribution in [0.15, 0.2) is 152 Å². The molecule has 7 rings (SSSR count). The summed E-state index contributed by atoms with van der Waals surface area (Å²) in [6.07, 6.45) is 9.05. The van der Waals surface area contributed by atoms with Crippen LogP contribution >= 0.6 is 0 Å². The van der Waals surface area contributed by atoms with Gasteiger partial charge in [0, 0.05) is 39.9 Å². The van der Waals surface area contributed by atoms with Gasteiger partial charge in [0.15, 0.2) is 0 Å². The minimum absolute atomic E-state index is 0.0590. The van der Waals surface area contributed by atoms with Gasteiger partial charge in [-0.2, -0.15) is 0 Å². The zero-order chi connectivity index (χ0) is 34.8. The molecule has 0 fully saturated rings. The summed E-state index contributed by atoms with van der Waals surface area (Å²) in [5.41, 5.74) is 16.0. The first-order valence-electron chi connectivity index (χ1n) is 17.5. The number of fused-ring (bicyclic) bond motifs is 3. The number of hydrogen-bond acceptors (Lipinski definition) is 2. The van der Waals surface area contributed by atoms with E-state index in [9.17, 15) is 0 Å². The molecule has 2 nitrogen and oxygen atoms in total. The van der Waals surface area contributed by atoms with Crippen LogP contribution in [0.2, 0.25) is 0 Å². The van der Waals surface area contributed by atoms with Gasteiger partial charge in [-0.1, -0.05) is 150 Å². The molecule has 5 aromatic carbocycles. The minimum atomic E-state index is -0.0590. The minimum Gasteiger partial charge on any atom is -0.377 e. The topological polar surface area (TPSA) is 15.3 Å². The molecule has 49 heavy (non-hydrogen) atoms. The lowest BCUT2D eigenvalue weighted by atomic mass is 9.75. The summed E-state index contributed by atoms with van der Waals surface area (Å²) < 4.78 is 0. The van der Waals surface area contributed by atoms with Gasteiger partial charge >= 0.3 is 0 Å². The maximum Gasteiger partial charge on any atom is 0.0606 e. The summed E-state index contributed by atoms with van der Waals surface area (Å²) in [6, 6.07) is 41.7. The highest BCUT2D eigenvalue weighted by molar-refractivity contribution is 5.86. The second kappa shape index (κ2) is 13.8. The van der Waals surface area contributed by atoms with Crippen molar-refractivity contribution in [3.63, 3.8) is 0 Å². The Morgan fingerprint density at radius 3 is 2.00 bits per heavy atom. The van der Waals surface area contributed by atoms with Crippen LogP contribution in [0, 0.1) is 20.8 Å². The lowest BCUT2D eigenvalue weighted by Crippen LogP contribution is -2.26. The highest BCUT2D eigenvalue weighted by Crippen LogP contribution is 2.56. The fourth-order valence-electron chi connectivity index (χ4n) is 7.98. The van der Waals surface area contributed by atoms with E-state index in [1.165, 1.54) is 67.3 Å². The van der Waals surface area contributed by atoms with Crippen LogP contribution in [0.3, 0.4) is 0 Å². The molecule has 5 aromatic rings. The molecule has 0 radical (unpaired) electrons. The van der Waals surface area contributed by atoms with Crippen molar-refractivity contribution < 1.29 is 0 Å². The lowest BCUT2D eigenvalue weighted by Gasteiger charge is -2.32. The normalized spacial score (nSPS) is 16.9. The fraction of sp³-hybridized carbons (Fsp3) is 0.234. The Balaban J connectivity index is 0.000000207. The van der Waals surface area contributed by atoms with E-state index < -0.39 is 0 Å². The Labute approximate surface area is 294 Å². The molecule has 248 valence electrons. The first-order chi connectivity index (χ1) is 23.5. The van der Waals surface area contributed by atoms with Crippen molar-refractivity contribution in [3.8, 4) is 0 Å². The predicted octanol–water partition coefficient (Wildman–Crippen LogP) is 12.4. The number of aryl methyl sites for hydroxylation is 3. The summed E-state index contributed by atoms with van der Waals surface area (Å²) >= 11 is 0. The number of nitrogens with one attached hydrogen (secondary N) is 1. The molecule has 0 spiro atoms. The molecule has 2 heterocycles. The Kier molecular flexibility index (Phi) is 9.52. The summed E-state index contributed by atoms with van der Waals surface area (Å²) in [6.45, 7) is 19.7. The monoisotopic (exact) mass is 642 g/mol. The van der Waals surface area contributed by atoms with E-state index in [2.05, 4.69) is 193 Å². The van der Waals surface area contributed by atoms with E-state index in [1.54, 1.807) is 0 Å². The van der Waals surface area contributed by atoms with Gasteiger partial charge in [-0.15, -0.1) is 0 Å². The summed E-state index contributed by atoms with van der Waals surface area (Å²) in [7, 11) is 0. The quantitative estimate of drug-likeness (QED) is 0.185. The van der Waals surface area contributed by atoms with Crippen molar-refractivity contribution in [2.24, 2.45) is 0 Å². The second-order valence-electron chi connectivity index (χ2n) is 14.6. The summed E-state index contributed by atoms with van der Waals surface area (Å²) in [5, 5.41) is 3.85. The van der Waals surface area contributed by atoms with Crippen LogP contribution < -0.4 is 10.2 Å². The van der Waals surface area contributed by atoms with Crippen LogP contribution in [0.1, 0.15) is 78.2 Å². The van der Waals surface area contributed by atoms with Crippen molar-refractivity contribution in [2.75, 3.05) is 10.2 Å². The van der Waals surface area contributed by atoms with E-state index in [0.717, 1.165) is 6.42 Å². The molecule has 0 aliphatic carbocycles. The molecule has 2 aliphatic heterocycles. The molecule has 0 bridgehead atoms. The maximum absolute atomic E-state index is 3.85. The zero-order valence-electron chi connectivity index (χ0n) is 30.2. The van der Waals surface area contributed by atoms with Crippen LogP contribution in [-0.2, 0) is 17.3 Å². The van der Waals surface area contributed by atoms with Gasteiger partial charge in [0.25, 0.3) is 0 Å². The van der Waals surface area contributed by atoms with Crippen LogP contribution in [0.5, 0.6) is 0 Å². The number of hydrogen-bond donors (Lipinski definition) is 1. The van der Waals surface area contributed by atoms with Gasteiger partial charge in [0.05, 0.1) is 11.7 Å². The molecule has 0 saturated heterocycles. The maximum atomic E-state index is 3.85. The van der Waals surface area contributed by atoms with Crippen molar-refractivity contribution in [1.29, 1.82) is 0 Å². The van der Waals surface area contributed by atoms with Crippen molar-refractivity contribution in [1.82, 2.24) is 0 Å². The van der Waals surface area contributed by atoms with Crippen LogP contribution in [0.4, 0.5) is 17.1 Å². The second-order valence-corrected chi connectivity index (χ2v) is 14.6. The molecular weight excluding hydrogens is 593 g/mol. The average molecular weight is 643 g/mol. The van der Waals surface area contributed by atoms with Gasteiger partial charge in [-0.05, 0) is 84.0 Å². The van der Waals surface area contributed by atoms with E-state index in [4.69, 9.17) is 0 Å². The van der Waals surface area contributed by atoms with Gasteiger partial charge < -0.3 is 10.2 Å². The Morgan fingerprint density at radius 2 is 1.39 bits per heavy atom. The van der Waals surface area contributed by atoms with Crippen molar-refractivity contribution >= 4 is 17.1 Å². The molecule has 1 unspecified atom stereocenters. The van der Waals surface area contributed by atoms with Gasteiger partial charge in [-0.25, -0.2) is 0 Å². The standard InChI is InChI=1S/C30H30N2.C17H20/c1-5-6-8-15-25-20-23-17-18-26-27(28(23)32(25)24-16-11-12-21(2)19-24)30(3,4)29(31-26)22-13-9-7-10-14-22;1-13-9-5-7-11-15(13)17(3,4)16-12-8-6-10-14(16)2/h5-19,29,31H,1,20H2,2-4H3;5-12H,1-4H3/b8-6-,25-15+;. The molecule has 1 atom stereocenters. The highest BCUT2D eigenvalue weighted by Gasteiger charge is 2.45. The van der Waals surface area contributed by atoms with E-state index in [0.29, 0.717) is 0 Å². The molecule has 1 N–H and O–H groups in total. The third-order valence-electron chi connectivity index (χ3n) is 10.4. The van der Waals surface area contributed by atoms with E-state index in [-0.39, 0.29) is 16.9 Å². The van der Waals surface area contributed by atoms with Crippen LogP contribution in [0.25, 0.3) is 0 Å². The van der Waals surface area contributed by atoms with Gasteiger partial charge in [0.2, 0.25) is 0 Å². The third-order valence-corrected chi connectivity index (χ3v) is 10.4. The molecule has 0 saturated carbocycles. The summed E-state index contributed by atoms with van der Waals surface area (Å²) in [4.78, 5) is 2.46. The number of allylic oxidation sites excluding steroid dienone is 5. The van der Waals surface area contributed by atoms with Gasteiger partial charge in [0.1, 0.15) is 0 Å². The number of rotatable bonds is 6. The molecule has 0 amide bonds. The largest absolute Gasteiger partial charge is 0.377 e. The van der Waals surface area contributed by atoms with Crippen molar-refractivity contribution in [2.45, 2.75) is 71.8 Å².